The first-order valence-electron chi connectivity index (χ1n) is 21.7. The van der Waals surface area contributed by atoms with E-state index in [1.807, 2.05) is 39.8 Å². The zero-order valence-electron chi connectivity index (χ0n) is 36.1. The number of aromatic hydroxyl groups is 6. The first kappa shape index (κ1) is 38.8. The maximum atomic E-state index is 14.6. The molecular formula is C52H40BO12-. The molecule has 4 aliphatic rings. The van der Waals surface area contributed by atoms with Crippen molar-refractivity contribution in [2.24, 2.45) is 0 Å². The average molecular weight is 868 g/mol. The highest BCUT2D eigenvalue weighted by Gasteiger charge is 2.52. The normalized spacial score (nSPS) is 15.7. The third-order valence-electron chi connectivity index (χ3n) is 14.3. The maximum absolute atomic E-state index is 14.6. The van der Waals surface area contributed by atoms with Crippen LogP contribution in [0.4, 0.5) is 0 Å². The van der Waals surface area contributed by atoms with E-state index in [2.05, 4.69) is 0 Å². The van der Waals surface area contributed by atoms with Gasteiger partial charge in [0, 0.05) is 55.9 Å². The van der Waals surface area contributed by atoms with Gasteiger partial charge in [-0.3, -0.25) is 9.59 Å². The van der Waals surface area contributed by atoms with E-state index in [-0.39, 0.29) is 91.6 Å². The zero-order chi connectivity index (χ0) is 45.4. The Hall–Kier alpha value is -7.80. The highest BCUT2D eigenvalue weighted by atomic mass is 16.9. The maximum Gasteiger partial charge on any atom is 0.777 e. The van der Waals surface area contributed by atoms with Crippen molar-refractivity contribution in [1.82, 2.24) is 0 Å². The molecule has 2 heterocycles. The number of carbonyl (C=O) groups excluding carboxylic acids is 2. The van der Waals surface area contributed by atoms with Gasteiger partial charge in [-0.15, -0.1) is 0 Å². The highest BCUT2D eigenvalue weighted by molar-refractivity contribution is 6.60. The summed E-state index contributed by atoms with van der Waals surface area (Å²) >= 11 is 0. The summed E-state index contributed by atoms with van der Waals surface area (Å²) in [5.41, 5.74) is 3.82. The predicted octanol–water partition coefficient (Wildman–Crippen LogP) is 11.3. The van der Waals surface area contributed by atoms with E-state index >= 15 is 0 Å². The molecule has 13 heteroatoms. The Morgan fingerprint density at radius 2 is 0.846 bits per heavy atom. The van der Waals surface area contributed by atoms with Gasteiger partial charge in [0.15, 0.2) is 0 Å². The molecule has 0 amide bonds. The van der Waals surface area contributed by atoms with E-state index in [4.69, 9.17) is 18.6 Å². The molecule has 0 saturated heterocycles. The second kappa shape index (κ2) is 12.7. The van der Waals surface area contributed by atoms with Gasteiger partial charge in [-0.2, -0.15) is 0 Å². The Balaban J connectivity index is 1.21. The molecule has 0 fully saturated rings. The topological polar surface area (TPSA) is 192 Å². The standard InChI is InChI=1S/C52H40BO12/c1-7-19(3)23-11-27-39(33(58)13-23)49(60)45-31(56)9-21(5)37-29-15-25(54)17-35-41(29)51(43(27)47(37)45)64-53(62-35)63-36-18-26(55)16-30-38-22(6)10-32(57)46-48(38)44(52(65-53)42(30)36)28-12-24(20(4)8-2)14-34(59)40(28)50(46)61/h9-20,54-59H,7-8H2,1-6H3/q-1/t19-,20-,53?/m0/s1. The minimum atomic E-state index is -3.60. The molecule has 2 atom stereocenters. The quantitative estimate of drug-likeness (QED) is 0.0725. The van der Waals surface area contributed by atoms with Gasteiger partial charge >= 0.3 is 6.96 Å². The van der Waals surface area contributed by atoms with Crippen LogP contribution in [0.15, 0.2) is 60.7 Å². The molecule has 0 saturated carbocycles. The number of fused-ring (bicyclic) bond motifs is 8. The van der Waals surface area contributed by atoms with E-state index in [0.717, 1.165) is 24.0 Å². The molecule has 2 aliphatic heterocycles. The summed E-state index contributed by atoms with van der Waals surface area (Å²) in [6, 6.07) is 15.6. The summed E-state index contributed by atoms with van der Waals surface area (Å²) in [7, 11) is 0. The molecule has 65 heavy (non-hydrogen) atoms. The van der Waals surface area contributed by atoms with E-state index in [9.17, 15) is 40.2 Å². The van der Waals surface area contributed by atoms with Crippen LogP contribution in [-0.4, -0.2) is 49.2 Å². The van der Waals surface area contributed by atoms with Gasteiger partial charge in [0.05, 0.1) is 56.0 Å². The largest absolute Gasteiger partial charge is 0.777 e. The SMILES string of the molecule is CC[C@H](C)c1cc(O)c2c(c1)-c1c3c4c(cc(O)cc4c4c(C)cc(O)c(c14)C2=O)O[B-]1(Oc2cc(O)cc4c2c(c2c5c(c(O)cc(C)c54)C(=O)c4c(O)cc([C@@H](C)CC)cc4-2)O1)O3. The number of phenols is 6. The molecule has 8 aromatic carbocycles. The van der Waals surface area contributed by atoms with Gasteiger partial charge < -0.3 is 49.3 Å². The van der Waals surface area contributed by atoms with E-state index in [1.165, 1.54) is 36.4 Å². The second-order valence-corrected chi connectivity index (χ2v) is 18.1. The fourth-order valence-electron chi connectivity index (χ4n) is 10.9. The van der Waals surface area contributed by atoms with Gasteiger partial charge in [0.25, 0.3) is 0 Å². The number of hydrogen-bond donors (Lipinski definition) is 6. The first-order chi connectivity index (χ1) is 31.0. The Morgan fingerprint density at radius 1 is 0.462 bits per heavy atom. The van der Waals surface area contributed by atoms with Crippen LogP contribution in [0.2, 0.25) is 0 Å². The van der Waals surface area contributed by atoms with Crippen LogP contribution in [0.3, 0.4) is 0 Å². The number of ketones is 2. The molecule has 0 radical (unpaired) electrons. The molecule has 2 aliphatic carbocycles. The molecule has 0 aromatic heterocycles. The number of carbonyl (C=O) groups is 2. The van der Waals surface area contributed by atoms with Gasteiger partial charge in [-0.05, 0) is 120 Å². The fourth-order valence-corrected chi connectivity index (χ4v) is 10.9. The summed E-state index contributed by atoms with van der Waals surface area (Å²) in [5, 5.41) is 72.8. The second-order valence-electron chi connectivity index (χ2n) is 18.1. The molecule has 6 N–H and O–H groups in total. The summed E-state index contributed by atoms with van der Waals surface area (Å²) in [4.78, 5) is 29.2. The number of rotatable bonds is 4. The van der Waals surface area contributed by atoms with Gasteiger partial charge in [-0.25, -0.2) is 0 Å². The minimum Gasteiger partial charge on any atom is -0.610 e. The van der Waals surface area contributed by atoms with Crippen LogP contribution >= 0.6 is 0 Å². The summed E-state index contributed by atoms with van der Waals surface area (Å²) < 4.78 is 27.7. The summed E-state index contributed by atoms with van der Waals surface area (Å²) in [6.45, 7) is 8.02. The van der Waals surface area contributed by atoms with Crippen molar-refractivity contribution in [2.45, 2.75) is 66.2 Å². The number of aryl methyl sites for hydroxylation is 2. The Kier molecular flexibility index (Phi) is 7.58. The lowest BCUT2D eigenvalue weighted by atomic mass is 9.76. The first-order valence-corrected chi connectivity index (χ1v) is 21.7. The van der Waals surface area contributed by atoms with Crippen LogP contribution in [-0.2, 0) is 0 Å². The predicted molar refractivity (Wildman–Crippen MR) is 246 cm³/mol. The van der Waals surface area contributed by atoms with Crippen LogP contribution in [0.5, 0.6) is 57.5 Å². The molecule has 12 rings (SSSR count). The van der Waals surface area contributed by atoms with Crippen molar-refractivity contribution in [3.8, 4) is 79.7 Å². The monoisotopic (exact) mass is 867 g/mol. The van der Waals surface area contributed by atoms with Crippen LogP contribution in [0.1, 0.15) is 106 Å². The summed E-state index contributed by atoms with van der Waals surface area (Å²) in [5.74, 6) is -2.50. The molecule has 8 aromatic rings. The van der Waals surface area contributed by atoms with E-state index < -0.39 is 18.5 Å². The molecule has 0 unspecified atom stereocenters. The van der Waals surface area contributed by atoms with E-state index in [0.29, 0.717) is 76.5 Å². The molecule has 0 bridgehead atoms. The molecule has 12 nitrogen and oxygen atoms in total. The smallest absolute Gasteiger partial charge is 0.610 e. The molecule has 1 spiro atoms. The summed E-state index contributed by atoms with van der Waals surface area (Å²) in [6.07, 6.45) is 1.45. The fraction of sp³-hybridized carbons (Fsp3) is 0.192. The number of phenolic OH excluding ortho intramolecular Hbond substituents is 6. The van der Waals surface area contributed by atoms with Crippen LogP contribution in [0.25, 0.3) is 65.3 Å². The van der Waals surface area contributed by atoms with Crippen molar-refractivity contribution < 1.29 is 58.8 Å². The lowest BCUT2D eigenvalue weighted by Crippen LogP contribution is -2.62. The number of hydrogen-bond acceptors (Lipinski definition) is 12. The van der Waals surface area contributed by atoms with Crippen molar-refractivity contribution in [3.05, 3.63) is 105 Å². The lowest BCUT2D eigenvalue weighted by Gasteiger charge is -2.49. The lowest BCUT2D eigenvalue weighted by molar-refractivity contribution is 0.102. The van der Waals surface area contributed by atoms with Gasteiger partial charge in [-0.1, -0.05) is 27.7 Å². The molecule has 324 valence electrons. The van der Waals surface area contributed by atoms with Crippen molar-refractivity contribution in [1.29, 1.82) is 0 Å². The third kappa shape index (κ3) is 4.87. The van der Waals surface area contributed by atoms with Crippen LogP contribution < -0.4 is 18.6 Å². The molecular weight excluding hydrogens is 827 g/mol. The van der Waals surface area contributed by atoms with Crippen molar-refractivity contribution >= 4 is 61.6 Å². The Labute approximate surface area is 370 Å². The minimum absolute atomic E-state index is 0.0299. The van der Waals surface area contributed by atoms with Gasteiger partial charge in [0.2, 0.25) is 11.6 Å². The Bertz CT molecular complexity index is 3410. The zero-order valence-corrected chi connectivity index (χ0v) is 36.1. The third-order valence-corrected chi connectivity index (χ3v) is 14.3. The van der Waals surface area contributed by atoms with Gasteiger partial charge in [0.1, 0.15) is 34.5 Å². The average Bonchev–Trinajstić information content (AvgIpc) is 3.24. The highest BCUT2D eigenvalue weighted by Crippen LogP contribution is 2.61. The number of benzene rings is 8. The van der Waals surface area contributed by atoms with Crippen molar-refractivity contribution in [3.63, 3.8) is 0 Å². The Morgan fingerprint density at radius 3 is 1.23 bits per heavy atom. The van der Waals surface area contributed by atoms with Crippen LogP contribution in [0, 0.1) is 13.8 Å². The van der Waals surface area contributed by atoms with Crippen molar-refractivity contribution in [2.75, 3.05) is 0 Å². The van der Waals surface area contributed by atoms with E-state index in [1.54, 1.807) is 26.0 Å².